The van der Waals surface area contributed by atoms with Crippen LogP contribution in [0.3, 0.4) is 0 Å². The number of primary amides is 1. The van der Waals surface area contributed by atoms with Gasteiger partial charge in [0.05, 0.1) is 30.5 Å². The number of carbonyl (C=O) groups excluding carboxylic acids is 3. The zero-order valence-electron chi connectivity index (χ0n) is 24.2. The lowest BCUT2D eigenvalue weighted by Gasteiger charge is -2.26. The van der Waals surface area contributed by atoms with Gasteiger partial charge in [-0.15, -0.1) is 0 Å². The van der Waals surface area contributed by atoms with Crippen molar-refractivity contribution in [3.63, 3.8) is 0 Å². The van der Waals surface area contributed by atoms with Gasteiger partial charge in [0.15, 0.2) is 0 Å². The molecule has 0 aliphatic carbocycles. The maximum atomic E-state index is 13.6. The van der Waals surface area contributed by atoms with Crippen LogP contribution in [0.5, 0.6) is 5.75 Å². The van der Waals surface area contributed by atoms with E-state index in [2.05, 4.69) is 20.9 Å². The molecule has 4 heterocycles. The minimum absolute atomic E-state index is 0.0624. The summed E-state index contributed by atoms with van der Waals surface area (Å²) in [5.41, 5.74) is 9.17. The molecular formula is C32H31FN6O5. The van der Waals surface area contributed by atoms with Crippen molar-refractivity contribution in [3.8, 4) is 17.0 Å². The van der Waals surface area contributed by atoms with Gasteiger partial charge in [-0.25, -0.2) is 14.2 Å². The molecule has 2 aromatic carbocycles. The molecule has 44 heavy (non-hydrogen) atoms. The maximum Gasteiger partial charge on any atom is 0.319 e. The van der Waals surface area contributed by atoms with E-state index in [0.717, 1.165) is 5.56 Å². The SMILES string of the molecule is Cc1cnc2c(NC(=O)NC3COC3)cc(C(=O)NCCc3cc4c(c(-c5ccc(F)cc5)n3)OC[C@]4(C)C(N)=O)cc2c1. The van der Waals surface area contributed by atoms with Crippen LogP contribution >= 0.6 is 0 Å². The van der Waals surface area contributed by atoms with Crippen LogP contribution in [-0.4, -0.2) is 60.2 Å². The summed E-state index contributed by atoms with van der Waals surface area (Å²) in [7, 11) is 0. The maximum absolute atomic E-state index is 13.6. The van der Waals surface area contributed by atoms with Crippen molar-refractivity contribution < 1.29 is 28.2 Å². The van der Waals surface area contributed by atoms with Crippen LogP contribution in [0.2, 0.25) is 0 Å². The molecule has 4 aromatic rings. The Morgan fingerprint density at radius 3 is 2.59 bits per heavy atom. The Labute approximate surface area is 252 Å². The second-order valence-corrected chi connectivity index (χ2v) is 11.3. The standard InChI is InChI=1S/C32H31FN6O5/c1-17-9-19-10-20(11-25(26(19)36-13-17)39-31(42)38-23-14-43-15-23)29(40)35-8-7-22-12-24-28(44-16-32(24,2)30(34)41)27(37-22)18-3-5-21(33)6-4-18/h3-6,9-13,23H,7-8,14-16H2,1-2H3,(H2,34,41)(H,35,40)(H2,38,39,42)/t32-/m0/s1. The summed E-state index contributed by atoms with van der Waals surface area (Å²) in [6.07, 6.45) is 2.02. The van der Waals surface area contributed by atoms with Gasteiger partial charge >= 0.3 is 6.03 Å². The first-order chi connectivity index (χ1) is 21.1. The number of ether oxygens (including phenoxy) is 2. The van der Waals surface area contributed by atoms with E-state index in [0.29, 0.717) is 70.1 Å². The first kappa shape index (κ1) is 29.0. The van der Waals surface area contributed by atoms with Crippen molar-refractivity contribution in [3.05, 3.63) is 82.9 Å². The highest BCUT2D eigenvalue weighted by Crippen LogP contribution is 2.44. The topological polar surface area (TPSA) is 158 Å². The number of urea groups is 1. The Balaban J connectivity index is 1.23. The molecule has 1 atom stereocenters. The summed E-state index contributed by atoms with van der Waals surface area (Å²) >= 11 is 0. The predicted octanol–water partition coefficient (Wildman–Crippen LogP) is 3.37. The summed E-state index contributed by atoms with van der Waals surface area (Å²) in [6.45, 7) is 4.79. The smallest absolute Gasteiger partial charge is 0.319 e. The average Bonchev–Trinajstić information content (AvgIpc) is 3.32. The zero-order chi connectivity index (χ0) is 31.0. The van der Waals surface area contributed by atoms with Crippen molar-refractivity contribution >= 4 is 34.4 Å². The number of pyridine rings is 2. The lowest BCUT2D eigenvalue weighted by atomic mass is 9.83. The molecule has 0 unspecified atom stereocenters. The Morgan fingerprint density at radius 1 is 1.11 bits per heavy atom. The van der Waals surface area contributed by atoms with E-state index in [1.54, 1.807) is 43.5 Å². The number of nitrogens with two attached hydrogens (primary N) is 1. The number of aromatic nitrogens is 2. The molecule has 2 aliphatic rings. The van der Waals surface area contributed by atoms with Gasteiger partial charge in [-0.05, 0) is 67.9 Å². The highest BCUT2D eigenvalue weighted by molar-refractivity contribution is 6.05. The molecule has 2 aliphatic heterocycles. The summed E-state index contributed by atoms with van der Waals surface area (Å²) in [4.78, 5) is 47.5. The molecule has 0 saturated carbocycles. The van der Waals surface area contributed by atoms with Gasteiger partial charge in [0, 0.05) is 46.9 Å². The zero-order valence-corrected chi connectivity index (χ0v) is 24.2. The second-order valence-electron chi connectivity index (χ2n) is 11.3. The minimum atomic E-state index is -1.07. The van der Waals surface area contributed by atoms with Gasteiger partial charge < -0.3 is 31.2 Å². The number of hydrogen-bond donors (Lipinski definition) is 4. The highest BCUT2D eigenvalue weighted by Gasteiger charge is 2.43. The third-order valence-electron chi connectivity index (χ3n) is 7.86. The summed E-state index contributed by atoms with van der Waals surface area (Å²) in [5, 5.41) is 9.26. The van der Waals surface area contributed by atoms with E-state index in [-0.39, 0.29) is 25.1 Å². The molecular weight excluding hydrogens is 567 g/mol. The highest BCUT2D eigenvalue weighted by atomic mass is 19.1. The molecule has 0 radical (unpaired) electrons. The number of hydrogen-bond acceptors (Lipinski definition) is 7. The van der Waals surface area contributed by atoms with Crippen molar-refractivity contribution in [1.82, 2.24) is 20.6 Å². The first-order valence-corrected chi connectivity index (χ1v) is 14.2. The van der Waals surface area contributed by atoms with Crippen molar-refractivity contribution in [2.45, 2.75) is 31.7 Å². The number of rotatable bonds is 8. The van der Waals surface area contributed by atoms with Crippen molar-refractivity contribution in [2.75, 3.05) is 31.7 Å². The molecule has 5 N–H and O–H groups in total. The Kier molecular flexibility index (Phi) is 7.60. The largest absolute Gasteiger partial charge is 0.489 e. The molecule has 4 amide bonds. The Hall–Kier alpha value is -5.10. The minimum Gasteiger partial charge on any atom is -0.489 e. The molecule has 12 heteroatoms. The van der Waals surface area contributed by atoms with Crippen LogP contribution < -0.4 is 26.4 Å². The van der Waals surface area contributed by atoms with Crippen LogP contribution in [-0.2, 0) is 21.4 Å². The van der Waals surface area contributed by atoms with Gasteiger partial charge in [0.2, 0.25) is 5.91 Å². The van der Waals surface area contributed by atoms with E-state index in [9.17, 15) is 18.8 Å². The van der Waals surface area contributed by atoms with Crippen LogP contribution in [0.4, 0.5) is 14.9 Å². The molecule has 226 valence electrons. The predicted molar refractivity (Wildman–Crippen MR) is 161 cm³/mol. The van der Waals surface area contributed by atoms with Gasteiger partial charge in [0.25, 0.3) is 5.91 Å². The summed E-state index contributed by atoms with van der Waals surface area (Å²) in [6, 6.07) is 12.3. The molecule has 11 nitrogen and oxygen atoms in total. The fourth-order valence-corrected chi connectivity index (χ4v) is 5.23. The number of benzene rings is 2. The van der Waals surface area contributed by atoms with Gasteiger partial charge in [-0.1, -0.05) is 0 Å². The number of halogens is 1. The number of aryl methyl sites for hydroxylation is 1. The fourth-order valence-electron chi connectivity index (χ4n) is 5.23. The quantitative estimate of drug-likeness (QED) is 0.242. The third kappa shape index (κ3) is 5.63. The van der Waals surface area contributed by atoms with E-state index >= 15 is 0 Å². The Bertz CT molecular complexity index is 1790. The van der Waals surface area contributed by atoms with Crippen LogP contribution in [0.1, 0.15) is 34.1 Å². The van der Waals surface area contributed by atoms with Crippen molar-refractivity contribution in [2.24, 2.45) is 5.73 Å². The normalized spacial score (nSPS) is 17.3. The van der Waals surface area contributed by atoms with Crippen LogP contribution in [0.25, 0.3) is 22.2 Å². The molecule has 1 saturated heterocycles. The molecule has 0 spiro atoms. The van der Waals surface area contributed by atoms with E-state index in [1.807, 2.05) is 13.0 Å². The van der Waals surface area contributed by atoms with E-state index < -0.39 is 23.2 Å². The molecule has 0 bridgehead atoms. The molecule has 1 fully saturated rings. The van der Waals surface area contributed by atoms with Crippen LogP contribution in [0.15, 0.2) is 54.7 Å². The lowest BCUT2D eigenvalue weighted by molar-refractivity contribution is -0.123. The third-order valence-corrected chi connectivity index (χ3v) is 7.86. The van der Waals surface area contributed by atoms with Crippen molar-refractivity contribution in [1.29, 1.82) is 0 Å². The van der Waals surface area contributed by atoms with Gasteiger partial charge in [-0.3, -0.25) is 14.6 Å². The summed E-state index contributed by atoms with van der Waals surface area (Å²) in [5.74, 6) is -0.847. The van der Waals surface area contributed by atoms with Crippen LogP contribution in [0, 0.1) is 12.7 Å². The van der Waals surface area contributed by atoms with E-state index in [1.165, 1.54) is 12.1 Å². The van der Waals surface area contributed by atoms with E-state index in [4.69, 9.17) is 20.2 Å². The number of carbonyl (C=O) groups is 3. The van der Waals surface area contributed by atoms with Gasteiger partial charge in [0.1, 0.15) is 29.3 Å². The number of amides is 4. The molecule has 2 aromatic heterocycles. The van der Waals surface area contributed by atoms with Gasteiger partial charge in [-0.2, -0.15) is 0 Å². The average molecular weight is 599 g/mol. The lowest BCUT2D eigenvalue weighted by Crippen LogP contribution is -2.50. The first-order valence-electron chi connectivity index (χ1n) is 14.2. The number of anilines is 1. The fraction of sp³-hybridized carbons (Fsp3) is 0.281. The Morgan fingerprint density at radius 2 is 1.89 bits per heavy atom. The molecule has 6 rings (SSSR count). The number of fused-ring (bicyclic) bond motifs is 2. The summed E-state index contributed by atoms with van der Waals surface area (Å²) < 4.78 is 24.6. The number of nitrogens with zero attached hydrogens (tertiary/aromatic N) is 2. The monoisotopic (exact) mass is 598 g/mol. The number of nitrogens with one attached hydrogen (secondary N) is 3. The second kappa shape index (κ2) is 11.5.